The number of hydrogen-bond donors (Lipinski definition) is 0. The second kappa shape index (κ2) is 5.90. The van der Waals surface area contributed by atoms with Crippen molar-refractivity contribution in [3.05, 3.63) is 64.4 Å². The van der Waals surface area contributed by atoms with Crippen molar-refractivity contribution >= 4 is 33.4 Å². The summed E-state index contributed by atoms with van der Waals surface area (Å²) in [5.74, 6) is 1.11. The van der Waals surface area contributed by atoms with E-state index in [2.05, 4.69) is 31.2 Å². The molecule has 0 unspecified atom stereocenters. The maximum absolute atomic E-state index is 13.1. The van der Waals surface area contributed by atoms with Gasteiger partial charge < -0.3 is 0 Å². The summed E-state index contributed by atoms with van der Waals surface area (Å²) >= 11 is 5.10. The molecule has 0 bridgehead atoms. The lowest BCUT2D eigenvalue weighted by atomic mass is 10.1. The van der Waals surface area contributed by atoms with Crippen LogP contribution < -0.4 is 0 Å². The molecule has 2 heterocycles. The van der Waals surface area contributed by atoms with Crippen molar-refractivity contribution in [2.75, 3.05) is 5.75 Å². The molecule has 0 radical (unpaired) electrons. The molecule has 114 valence electrons. The maximum atomic E-state index is 13.1. The molecule has 1 aliphatic rings. The van der Waals surface area contributed by atoms with Gasteiger partial charge in [0.2, 0.25) is 5.16 Å². The lowest BCUT2D eigenvalue weighted by molar-refractivity contribution is 0.627. The highest BCUT2D eigenvalue weighted by molar-refractivity contribution is 9.10. The number of nitrogens with zero attached hydrogens (tertiary/aromatic N) is 4. The molecule has 23 heavy (non-hydrogen) atoms. The zero-order valence-electron chi connectivity index (χ0n) is 11.8. The Morgan fingerprint density at radius 3 is 2.61 bits per heavy atom. The van der Waals surface area contributed by atoms with Crippen LogP contribution in [-0.4, -0.2) is 26.3 Å². The number of hydrogen-bond acceptors (Lipinski definition) is 4. The lowest BCUT2D eigenvalue weighted by Crippen LogP contribution is -2.13. The summed E-state index contributed by atoms with van der Waals surface area (Å²) in [6.45, 7) is 0. The van der Waals surface area contributed by atoms with Gasteiger partial charge in [-0.3, -0.25) is 0 Å². The standard InChI is InChI=1S/C16H10BrFN4S/c17-13-4-2-1-3-12(13)15-19-20-16-22(15)21-14(9-23-16)10-5-7-11(18)8-6-10/h1-8H,9H2. The Labute approximate surface area is 144 Å². The van der Waals surface area contributed by atoms with Crippen molar-refractivity contribution in [1.82, 2.24) is 14.9 Å². The molecular formula is C16H10BrFN4S. The molecule has 1 aromatic heterocycles. The number of rotatable bonds is 2. The van der Waals surface area contributed by atoms with Gasteiger partial charge in [0.05, 0.1) is 5.71 Å². The molecule has 0 amide bonds. The fourth-order valence-corrected chi connectivity index (χ4v) is 3.62. The van der Waals surface area contributed by atoms with Crippen molar-refractivity contribution < 1.29 is 4.39 Å². The quantitative estimate of drug-likeness (QED) is 0.660. The molecule has 1 aliphatic heterocycles. The minimum Gasteiger partial charge on any atom is -0.207 e. The number of thioether (sulfide) groups is 1. The highest BCUT2D eigenvalue weighted by Crippen LogP contribution is 2.31. The average Bonchev–Trinajstić information content (AvgIpc) is 2.99. The molecule has 0 spiro atoms. The Morgan fingerprint density at radius 2 is 1.83 bits per heavy atom. The smallest absolute Gasteiger partial charge is 0.207 e. The van der Waals surface area contributed by atoms with Crippen LogP contribution in [0.3, 0.4) is 0 Å². The van der Waals surface area contributed by atoms with E-state index in [4.69, 9.17) is 0 Å². The topological polar surface area (TPSA) is 43.1 Å². The minimum atomic E-state index is -0.253. The van der Waals surface area contributed by atoms with E-state index in [0.717, 1.165) is 26.5 Å². The van der Waals surface area contributed by atoms with Gasteiger partial charge in [-0.05, 0) is 29.8 Å². The van der Waals surface area contributed by atoms with Gasteiger partial charge in [0.25, 0.3) is 0 Å². The summed E-state index contributed by atoms with van der Waals surface area (Å²) in [5, 5.41) is 13.9. The van der Waals surface area contributed by atoms with Crippen LogP contribution in [0.2, 0.25) is 0 Å². The molecule has 4 rings (SSSR count). The van der Waals surface area contributed by atoms with Crippen LogP contribution in [0.4, 0.5) is 4.39 Å². The largest absolute Gasteiger partial charge is 0.212 e. The molecule has 0 saturated carbocycles. The predicted molar refractivity (Wildman–Crippen MR) is 92.2 cm³/mol. The normalized spacial score (nSPS) is 13.6. The number of aromatic nitrogens is 3. The van der Waals surface area contributed by atoms with E-state index in [1.165, 1.54) is 12.1 Å². The summed E-state index contributed by atoms with van der Waals surface area (Å²) in [6, 6.07) is 14.2. The number of halogens is 2. The van der Waals surface area contributed by atoms with E-state index in [9.17, 15) is 4.39 Å². The molecular weight excluding hydrogens is 379 g/mol. The van der Waals surface area contributed by atoms with Crippen LogP contribution in [0.5, 0.6) is 0 Å². The van der Waals surface area contributed by atoms with Crippen molar-refractivity contribution in [2.24, 2.45) is 5.10 Å². The highest BCUT2D eigenvalue weighted by Gasteiger charge is 2.21. The van der Waals surface area contributed by atoms with E-state index in [0.29, 0.717) is 11.6 Å². The zero-order valence-corrected chi connectivity index (χ0v) is 14.2. The second-order valence-electron chi connectivity index (χ2n) is 4.94. The van der Waals surface area contributed by atoms with Gasteiger partial charge in [0.1, 0.15) is 5.82 Å². The van der Waals surface area contributed by atoms with Gasteiger partial charge >= 0.3 is 0 Å². The van der Waals surface area contributed by atoms with E-state index < -0.39 is 0 Å². The number of fused-ring (bicyclic) bond motifs is 1. The van der Waals surface area contributed by atoms with E-state index in [-0.39, 0.29) is 5.82 Å². The summed E-state index contributed by atoms with van der Waals surface area (Å²) < 4.78 is 15.8. The summed E-state index contributed by atoms with van der Waals surface area (Å²) in [5.41, 5.74) is 2.70. The first-order valence-corrected chi connectivity index (χ1v) is 8.67. The third-order valence-corrected chi connectivity index (χ3v) is 5.09. The first-order chi connectivity index (χ1) is 11.2. The molecule has 0 aliphatic carbocycles. The molecule has 2 aromatic carbocycles. The van der Waals surface area contributed by atoms with Gasteiger partial charge in [-0.2, -0.15) is 9.78 Å². The first kappa shape index (κ1) is 14.6. The van der Waals surface area contributed by atoms with Gasteiger partial charge in [-0.25, -0.2) is 4.39 Å². The first-order valence-electron chi connectivity index (χ1n) is 6.89. The Hall–Kier alpha value is -1.99. The van der Waals surface area contributed by atoms with Crippen LogP contribution in [0.15, 0.2) is 63.3 Å². The fourth-order valence-electron chi connectivity index (χ4n) is 2.32. The Bertz CT molecular complexity index is 905. The third-order valence-electron chi connectivity index (χ3n) is 3.46. The Morgan fingerprint density at radius 1 is 1.04 bits per heavy atom. The summed E-state index contributed by atoms with van der Waals surface area (Å²) in [7, 11) is 0. The monoisotopic (exact) mass is 388 g/mol. The number of benzene rings is 2. The Balaban J connectivity index is 1.81. The molecule has 4 nitrogen and oxygen atoms in total. The van der Waals surface area contributed by atoms with Gasteiger partial charge in [0.15, 0.2) is 5.82 Å². The molecule has 0 fully saturated rings. The second-order valence-corrected chi connectivity index (χ2v) is 6.74. The van der Waals surface area contributed by atoms with Crippen molar-refractivity contribution in [3.8, 4) is 11.4 Å². The Kier molecular flexibility index (Phi) is 3.74. The van der Waals surface area contributed by atoms with Crippen LogP contribution in [-0.2, 0) is 0 Å². The van der Waals surface area contributed by atoms with Gasteiger partial charge in [0, 0.05) is 15.8 Å². The van der Waals surface area contributed by atoms with Crippen LogP contribution >= 0.6 is 27.7 Å². The third kappa shape index (κ3) is 2.70. The van der Waals surface area contributed by atoms with Crippen LogP contribution in [0.25, 0.3) is 11.4 Å². The van der Waals surface area contributed by atoms with E-state index >= 15 is 0 Å². The maximum Gasteiger partial charge on any atom is 0.212 e. The molecule has 0 N–H and O–H groups in total. The molecule has 0 saturated heterocycles. The molecule has 3 aromatic rings. The van der Waals surface area contributed by atoms with Gasteiger partial charge in [-0.15, -0.1) is 10.2 Å². The van der Waals surface area contributed by atoms with Crippen LogP contribution in [0.1, 0.15) is 5.56 Å². The van der Waals surface area contributed by atoms with E-state index in [1.807, 2.05) is 24.3 Å². The molecule has 0 atom stereocenters. The fraction of sp³-hybridized carbons (Fsp3) is 0.0625. The zero-order chi connectivity index (χ0) is 15.8. The average molecular weight is 389 g/mol. The van der Waals surface area contributed by atoms with E-state index in [1.54, 1.807) is 28.6 Å². The van der Waals surface area contributed by atoms with Crippen molar-refractivity contribution in [1.29, 1.82) is 0 Å². The summed E-state index contributed by atoms with van der Waals surface area (Å²) in [6.07, 6.45) is 0. The van der Waals surface area contributed by atoms with Crippen molar-refractivity contribution in [2.45, 2.75) is 5.16 Å². The SMILES string of the molecule is Fc1ccc(C2=Nn3c(nnc3-c3ccccc3Br)SC2)cc1. The van der Waals surface area contributed by atoms with Gasteiger partial charge in [-0.1, -0.05) is 52.0 Å². The highest BCUT2D eigenvalue weighted by atomic mass is 79.9. The minimum absolute atomic E-state index is 0.253. The lowest BCUT2D eigenvalue weighted by Gasteiger charge is -2.14. The van der Waals surface area contributed by atoms with Crippen LogP contribution in [0, 0.1) is 5.82 Å². The molecule has 7 heteroatoms. The predicted octanol–water partition coefficient (Wildman–Crippen LogP) is 4.20. The van der Waals surface area contributed by atoms with Crippen molar-refractivity contribution in [3.63, 3.8) is 0 Å². The summed E-state index contributed by atoms with van der Waals surface area (Å²) in [4.78, 5) is 0.